The van der Waals surface area contributed by atoms with Gasteiger partial charge in [0.25, 0.3) is 5.91 Å². The Morgan fingerprint density at radius 3 is 2.94 bits per heavy atom. The zero-order chi connectivity index (χ0) is 12.3. The van der Waals surface area contributed by atoms with Gasteiger partial charge in [-0.3, -0.25) is 4.79 Å². The minimum Gasteiger partial charge on any atom is -0.377 e. The Morgan fingerprint density at radius 1 is 1.67 bits per heavy atom. The second-order valence-corrected chi connectivity index (χ2v) is 4.51. The smallest absolute Gasteiger partial charge is 0.273 e. The van der Waals surface area contributed by atoms with Crippen molar-refractivity contribution in [3.05, 3.63) is 17.5 Å². The number of methoxy groups -OCH3 is 1. The first-order valence-electron chi connectivity index (χ1n) is 5.65. The molecule has 102 valence electrons. The number of carbonyl (C=O) groups is 1. The molecule has 1 fully saturated rings. The summed E-state index contributed by atoms with van der Waals surface area (Å²) in [6.45, 7) is 0.791. The van der Waals surface area contributed by atoms with Gasteiger partial charge in [0.1, 0.15) is 6.61 Å². The SMILES string of the molecule is COCc1cc(C(=O)NCC2(N)CCC2)no1.Cl. The van der Waals surface area contributed by atoms with Crippen molar-refractivity contribution in [2.45, 2.75) is 31.4 Å². The molecule has 1 aromatic rings. The summed E-state index contributed by atoms with van der Waals surface area (Å²) in [4.78, 5) is 11.7. The minimum absolute atomic E-state index is 0. The van der Waals surface area contributed by atoms with Crippen molar-refractivity contribution in [2.24, 2.45) is 5.73 Å². The molecule has 0 aromatic carbocycles. The second kappa shape index (κ2) is 6.17. The van der Waals surface area contributed by atoms with E-state index in [0.29, 0.717) is 18.9 Å². The number of aromatic nitrogens is 1. The molecule has 6 nitrogen and oxygen atoms in total. The standard InChI is InChI=1S/C11H17N3O3.ClH/c1-16-6-8-5-9(14-17-8)10(15)13-7-11(12)3-2-4-11;/h5H,2-4,6-7,12H2,1H3,(H,13,15);1H. The molecular weight excluding hydrogens is 258 g/mol. The van der Waals surface area contributed by atoms with Crippen molar-refractivity contribution in [3.8, 4) is 0 Å². The van der Waals surface area contributed by atoms with E-state index in [9.17, 15) is 4.79 Å². The molecule has 0 atom stereocenters. The molecule has 1 aromatic heterocycles. The van der Waals surface area contributed by atoms with Gasteiger partial charge in [0.15, 0.2) is 11.5 Å². The molecule has 1 amide bonds. The van der Waals surface area contributed by atoms with Crippen LogP contribution in [0.3, 0.4) is 0 Å². The van der Waals surface area contributed by atoms with Gasteiger partial charge < -0.3 is 20.3 Å². The lowest BCUT2D eigenvalue weighted by Gasteiger charge is -2.37. The minimum atomic E-state index is -0.257. The molecule has 0 unspecified atom stereocenters. The molecule has 0 spiro atoms. The van der Waals surface area contributed by atoms with Gasteiger partial charge in [-0.05, 0) is 19.3 Å². The Morgan fingerprint density at radius 2 is 2.39 bits per heavy atom. The van der Waals surface area contributed by atoms with Crippen LogP contribution in [0.2, 0.25) is 0 Å². The van der Waals surface area contributed by atoms with Gasteiger partial charge in [0.2, 0.25) is 0 Å². The van der Waals surface area contributed by atoms with E-state index in [2.05, 4.69) is 10.5 Å². The number of hydrogen-bond donors (Lipinski definition) is 2. The zero-order valence-corrected chi connectivity index (χ0v) is 11.1. The summed E-state index contributed by atoms with van der Waals surface area (Å²) < 4.78 is 9.81. The number of amides is 1. The number of nitrogens with one attached hydrogen (secondary N) is 1. The fraction of sp³-hybridized carbons (Fsp3) is 0.636. The van der Waals surface area contributed by atoms with E-state index in [1.165, 1.54) is 0 Å². The fourth-order valence-electron chi connectivity index (χ4n) is 1.78. The lowest BCUT2D eigenvalue weighted by molar-refractivity contribution is 0.0920. The monoisotopic (exact) mass is 275 g/mol. The van der Waals surface area contributed by atoms with Crippen LogP contribution < -0.4 is 11.1 Å². The third-order valence-corrected chi connectivity index (χ3v) is 3.03. The van der Waals surface area contributed by atoms with Crippen LogP contribution in [0.25, 0.3) is 0 Å². The van der Waals surface area contributed by atoms with Gasteiger partial charge in [-0.2, -0.15) is 0 Å². The Balaban J connectivity index is 0.00000162. The molecule has 1 heterocycles. The molecule has 1 aliphatic carbocycles. The van der Waals surface area contributed by atoms with Crippen molar-refractivity contribution < 1.29 is 14.1 Å². The molecule has 0 radical (unpaired) electrons. The predicted octanol–water partition coefficient (Wildman–Crippen LogP) is 0.854. The molecule has 3 N–H and O–H groups in total. The first-order chi connectivity index (χ1) is 8.13. The molecule has 1 saturated carbocycles. The Kier molecular flexibility index (Phi) is 5.13. The highest BCUT2D eigenvalue weighted by molar-refractivity contribution is 5.92. The number of hydrogen-bond acceptors (Lipinski definition) is 5. The molecule has 0 bridgehead atoms. The van der Waals surface area contributed by atoms with Crippen molar-refractivity contribution in [1.82, 2.24) is 10.5 Å². The average Bonchev–Trinajstić information content (AvgIpc) is 2.72. The normalized spacial score (nSPS) is 16.6. The highest BCUT2D eigenvalue weighted by Crippen LogP contribution is 2.28. The summed E-state index contributed by atoms with van der Waals surface area (Å²) in [5.74, 6) is 0.275. The third kappa shape index (κ3) is 3.44. The lowest BCUT2D eigenvalue weighted by atomic mass is 9.78. The maximum Gasteiger partial charge on any atom is 0.273 e. The topological polar surface area (TPSA) is 90.4 Å². The summed E-state index contributed by atoms with van der Waals surface area (Å²) in [5, 5.41) is 6.44. The van der Waals surface area contributed by atoms with E-state index in [4.69, 9.17) is 15.0 Å². The highest BCUT2D eigenvalue weighted by atomic mass is 35.5. The quantitative estimate of drug-likeness (QED) is 0.831. The summed E-state index contributed by atoms with van der Waals surface area (Å²) >= 11 is 0. The van der Waals surface area contributed by atoms with Crippen LogP contribution in [0.1, 0.15) is 35.5 Å². The van der Waals surface area contributed by atoms with E-state index in [1.54, 1.807) is 13.2 Å². The average molecular weight is 276 g/mol. The lowest BCUT2D eigenvalue weighted by Crippen LogP contribution is -2.54. The fourth-order valence-corrected chi connectivity index (χ4v) is 1.78. The van der Waals surface area contributed by atoms with E-state index >= 15 is 0 Å². The van der Waals surface area contributed by atoms with E-state index in [1.807, 2.05) is 0 Å². The van der Waals surface area contributed by atoms with Crippen LogP contribution in [0.15, 0.2) is 10.6 Å². The van der Waals surface area contributed by atoms with Crippen LogP contribution in [0, 0.1) is 0 Å². The van der Waals surface area contributed by atoms with Crippen LogP contribution >= 0.6 is 12.4 Å². The number of halogens is 1. The summed E-state index contributed by atoms with van der Waals surface area (Å²) in [6.07, 6.45) is 3.05. The second-order valence-electron chi connectivity index (χ2n) is 4.51. The first kappa shape index (κ1) is 14.9. The third-order valence-electron chi connectivity index (χ3n) is 3.03. The predicted molar refractivity (Wildman–Crippen MR) is 67.6 cm³/mol. The summed E-state index contributed by atoms with van der Waals surface area (Å²) in [6, 6.07) is 1.57. The van der Waals surface area contributed by atoms with Gasteiger partial charge >= 0.3 is 0 Å². The van der Waals surface area contributed by atoms with Gasteiger partial charge in [0, 0.05) is 25.3 Å². The van der Waals surface area contributed by atoms with Gasteiger partial charge in [-0.15, -0.1) is 12.4 Å². The molecule has 1 aliphatic rings. The van der Waals surface area contributed by atoms with Crippen LogP contribution in [-0.4, -0.2) is 30.3 Å². The van der Waals surface area contributed by atoms with Gasteiger partial charge in [-0.25, -0.2) is 0 Å². The summed E-state index contributed by atoms with van der Waals surface area (Å²) in [5.41, 5.74) is 6.04. The molecule has 7 heteroatoms. The van der Waals surface area contributed by atoms with Gasteiger partial charge in [-0.1, -0.05) is 5.16 Å². The Bertz CT molecular complexity index is 404. The zero-order valence-electron chi connectivity index (χ0n) is 10.3. The maximum atomic E-state index is 11.7. The van der Waals surface area contributed by atoms with Crippen molar-refractivity contribution in [2.75, 3.05) is 13.7 Å². The van der Waals surface area contributed by atoms with Gasteiger partial charge in [0.05, 0.1) is 0 Å². The van der Waals surface area contributed by atoms with E-state index < -0.39 is 0 Å². The number of ether oxygens (including phenoxy) is 1. The van der Waals surface area contributed by atoms with Crippen LogP contribution in [0.5, 0.6) is 0 Å². The number of nitrogens with zero attached hydrogens (tertiary/aromatic N) is 1. The molecule has 18 heavy (non-hydrogen) atoms. The molecule has 0 saturated heterocycles. The largest absolute Gasteiger partial charge is 0.377 e. The van der Waals surface area contributed by atoms with Crippen molar-refractivity contribution in [1.29, 1.82) is 0 Å². The first-order valence-corrected chi connectivity index (χ1v) is 5.65. The van der Waals surface area contributed by atoms with E-state index in [-0.39, 0.29) is 29.5 Å². The Hall–Kier alpha value is -1.11. The number of nitrogens with two attached hydrogens (primary N) is 1. The maximum absolute atomic E-state index is 11.7. The molecule has 2 rings (SSSR count). The molecular formula is C11H18ClN3O3. The van der Waals surface area contributed by atoms with Crippen LogP contribution in [-0.2, 0) is 11.3 Å². The Labute approximate surface area is 112 Å². The number of carbonyl (C=O) groups excluding carboxylic acids is 1. The van der Waals surface area contributed by atoms with Crippen molar-refractivity contribution in [3.63, 3.8) is 0 Å². The number of rotatable bonds is 5. The van der Waals surface area contributed by atoms with E-state index in [0.717, 1.165) is 19.3 Å². The molecule has 0 aliphatic heterocycles. The highest BCUT2D eigenvalue weighted by Gasteiger charge is 2.32. The van der Waals surface area contributed by atoms with Crippen molar-refractivity contribution >= 4 is 18.3 Å². The summed E-state index contributed by atoms with van der Waals surface area (Å²) in [7, 11) is 1.55. The van der Waals surface area contributed by atoms with Crippen LogP contribution in [0.4, 0.5) is 0 Å².